The number of hydrogen-bond acceptors (Lipinski definition) is 10. The van der Waals surface area contributed by atoms with Crippen molar-refractivity contribution in [3.05, 3.63) is 240 Å². The molecule has 0 saturated carbocycles. The van der Waals surface area contributed by atoms with Crippen LogP contribution in [0, 0.1) is 0 Å². The molecule has 0 N–H and O–H groups in total. The monoisotopic (exact) mass is 906 g/mol. The fourth-order valence-corrected chi connectivity index (χ4v) is 7.02. The number of benzene rings is 10. The molecule has 0 saturated heterocycles. The Morgan fingerprint density at radius 3 is 0.500 bits per heavy atom. The van der Waals surface area contributed by atoms with Crippen molar-refractivity contribution in [2.75, 3.05) is 0 Å². The van der Waals surface area contributed by atoms with Crippen molar-refractivity contribution in [2.45, 2.75) is 0 Å². The van der Waals surface area contributed by atoms with E-state index < -0.39 is 29.8 Å². The van der Waals surface area contributed by atoms with Crippen LogP contribution in [0.1, 0.15) is 51.8 Å². The number of fused-ring (bicyclic) bond motifs is 5. The third kappa shape index (κ3) is 12.1. The van der Waals surface area contributed by atoms with E-state index in [0.717, 1.165) is 53.9 Å². The summed E-state index contributed by atoms with van der Waals surface area (Å²) in [7, 11) is 0. The Kier molecular flexibility index (Phi) is 17.0. The molecule has 0 spiro atoms. The molecule has 0 aromatic heterocycles. The van der Waals surface area contributed by atoms with Crippen molar-refractivity contribution in [3.8, 4) is 0 Å². The quantitative estimate of drug-likeness (QED) is 0.197. The van der Waals surface area contributed by atoms with E-state index >= 15 is 0 Å². The molecule has 66 heavy (non-hydrogen) atoms. The summed E-state index contributed by atoms with van der Waals surface area (Å²) in [4.78, 5) is 53.5. The molecular weight excluding hydrogens is 872 g/mol. The van der Waals surface area contributed by atoms with Crippen LogP contribution < -0.4 is 25.5 Å². The molecule has 0 fully saturated rings. The summed E-state index contributed by atoms with van der Waals surface area (Å²) in [6.07, 6.45) is 0. The van der Waals surface area contributed by atoms with Crippen LogP contribution in [0.15, 0.2) is 212 Å². The number of carboxylic acid groups (broad SMARTS) is 5. The van der Waals surface area contributed by atoms with Crippen LogP contribution in [-0.2, 0) is 18.6 Å². The molecule has 0 aliphatic carbocycles. The van der Waals surface area contributed by atoms with Gasteiger partial charge in [0.15, 0.2) is 0 Å². The fourth-order valence-electron chi connectivity index (χ4n) is 7.02. The first kappa shape index (κ1) is 48.5. The third-order valence-corrected chi connectivity index (χ3v) is 10.0. The molecule has 325 valence electrons. The van der Waals surface area contributed by atoms with Gasteiger partial charge in [0.1, 0.15) is 0 Å². The van der Waals surface area contributed by atoms with Crippen molar-refractivity contribution < 1.29 is 68.1 Å². The zero-order chi connectivity index (χ0) is 46.3. The van der Waals surface area contributed by atoms with Crippen molar-refractivity contribution in [1.29, 1.82) is 0 Å². The molecule has 11 heteroatoms. The molecule has 0 amide bonds. The number of carbonyl (C=O) groups is 5. The Bertz CT molecular complexity index is 2800. The minimum absolute atomic E-state index is 0. The molecule has 10 nitrogen and oxygen atoms in total. The molecular formula is C55H35O10V-5. The summed E-state index contributed by atoms with van der Waals surface area (Å²) in [6, 6.07) is 62.5. The largest absolute Gasteiger partial charge is 0.545 e. The Morgan fingerprint density at radius 1 is 0.212 bits per heavy atom. The van der Waals surface area contributed by atoms with E-state index in [4.69, 9.17) is 0 Å². The van der Waals surface area contributed by atoms with Gasteiger partial charge in [-0.2, -0.15) is 0 Å². The van der Waals surface area contributed by atoms with Gasteiger partial charge in [0.25, 0.3) is 0 Å². The van der Waals surface area contributed by atoms with E-state index in [1.807, 2.05) is 121 Å². The Morgan fingerprint density at radius 2 is 0.348 bits per heavy atom. The molecule has 10 rings (SSSR count). The first-order valence-electron chi connectivity index (χ1n) is 19.9. The van der Waals surface area contributed by atoms with Crippen molar-refractivity contribution in [3.63, 3.8) is 0 Å². The molecule has 0 aliphatic heterocycles. The molecule has 10 aromatic carbocycles. The normalized spacial score (nSPS) is 10.0. The minimum Gasteiger partial charge on any atom is -0.545 e. The second kappa shape index (κ2) is 23.2. The Labute approximate surface area is 390 Å². The smallest absolute Gasteiger partial charge is 0.0721 e. The maximum absolute atomic E-state index is 10.7. The summed E-state index contributed by atoms with van der Waals surface area (Å²) in [6.45, 7) is 0. The number of rotatable bonds is 5. The van der Waals surface area contributed by atoms with Crippen molar-refractivity contribution >= 4 is 83.7 Å². The van der Waals surface area contributed by atoms with E-state index in [1.54, 1.807) is 91.0 Å². The zero-order valence-corrected chi connectivity index (χ0v) is 36.1. The van der Waals surface area contributed by atoms with E-state index in [2.05, 4.69) is 0 Å². The number of aromatic carboxylic acids is 5. The van der Waals surface area contributed by atoms with Gasteiger partial charge in [-0.15, -0.1) is 0 Å². The van der Waals surface area contributed by atoms with Crippen LogP contribution in [0.25, 0.3) is 53.9 Å². The van der Waals surface area contributed by atoms with Gasteiger partial charge >= 0.3 is 0 Å². The maximum atomic E-state index is 10.7. The standard InChI is InChI=1S/5C11H8O2.V/c5*12-11(13)10-7-3-5-8-4-1-2-6-9(8)10;/h5*1-7H,(H,12,13);/p-5. The molecule has 0 bridgehead atoms. The molecule has 0 unspecified atom stereocenters. The fraction of sp³-hybridized carbons (Fsp3) is 0. The Hall–Kier alpha value is -8.57. The van der Waals surface area contributed by atoms with Gasteiger partial charge < -0.3 is 49.5 Å². The zero-order valence-electron chi connectivity index (χ0n) is 34.7. The predicted octanol–water partition coefficient (Wildman–Crippen LogP) is 6.01. The predicted molar refractivity (Wildman–Crippen MR) is 241 cm³/mol. The maximum Gasteiger partial charge on any atom is 0.0721 e. The topological polar surface area (TPSA) is 201 Å². The molecule has 10 aromatic rings. The van der Waals surface area contributed by atoms with Crippen molar-refractivity contribution in [2.24, 2.45) is 0 Å². The molecule has 0 atom stereocenters. The van der Waals surface area contributed by atoms with Gasteiger partial charge in [0.2, 0.25) is 0 Å². The van der Waals surface area contributed by atoms with Gasteiger partial charge in [-0.05, 0) is 53.9 Å². The molecule has 1 radical (unpaired) electrons. The van der Waals surface area contributed by atoms with Crippen LogP contribution in [-0.4, -0.2) is 29.8 Å². The summed E-state index contributed by atoms with van der Waals surface area (Å²) in [5, 5.41) is 61.8. The first-order valence-corrected chi connectivity index (χ1v) is 19.9. The summed E-state index contributed by atoms with van der Waals surface area (Å²) >= 11 is 0. The van der Waals surface area contributed by atoms with Crippen LogP contribution >= 0.6 is 0 Å². The average Bonchev–Trinajstić information content (AvgIpc) is 3.33. The SMILES string of the molecule is O=C([O-])c1cccc2ccccc12.O=C([O-])c1cccc2ccccc12.O=C([O-])c1cccc2ccccc12.O=C([O-])c1cccc2ccccc12.O=C([O-])c1cccc2ccccc12.[V]. The van der Waals surface area contributed by atoms with Gasteiger partial charge in [-0.25, -0.2) is 0 Å². The van der Waals surface area contributed by atoms with E-state index in [0.29, 0.717) is 0 Å². The van der Waals surface area contributed by atoms with Gasteiger partial charge in [-0.1, -0.05) is 212 Å². The van der Waals surface area contributed by atoms with Crippen LogP contribution in [0.5, 0.6) is 0 Å². The first-order chi connectivity index (χ1) is 31.4. The summed E-state index contributed by atoms with van der Waals surface area (Å²) < 4.78 is 0. The van der Waals surface area contributed by atoms with Gasteiger partial charge in [0.05, 0.1) is 29.8 Å². The summed E-state index contributed by atoms with van der Waals surface area (Å²) in [5.41, 5.74) is 1.24. The van der Waals surface area contributed by atoms with Gasteiger partial charge in [-0.3, -0.25) is 0 Å². The third-order valence-electron chi connectivity index (χ3n) is 10.0. The van der Waals surface area contributed by atoms with Crippen LogP contribution in [0.4, 0.5) is 0 Å². The van der Waals surface area contributed by atoms with E-state index in [1.165, 1.54) is 0 Å². The molecule has 0 heterocycles. The molecule has 0 aliphatic rings. The van der Waals surface area contributed by atoms with E-state index in [-0.39, 0.29) is 46.4 Å². The number of carboxylic acids is 5. The van der Waals surface area contributed by atoms with Gasteiger partial charge in [0, 0.05) is 46.4 Å². The van der Waals surface area contributed by atoms with Crippen LogP contribution in [0.2, 0.25) is 0 Å². The van der Waals surface area contributed by atoms with E-state index in [9.17, 15) is 49.5 Å². The van der Waals surface area contributed by atoms with Crippen molar-refractivity contribution in [1.82, 2.24) is 0 Å². The Balaban J connectivity index is 0.000000154. The number of carbonyl (C=O) groups excluding carboxylic acids is 5. The minimum atomic E-state index is -1.13. The van der Waals surface area contributed by atoms with Crippen LogP contribution in [0.3, 0.4) is 0 Å². The number of hydrogen-bond donors (Lipinski definition) is 0. The average molecular weight is 907 g/mol. The second-order valence-corrected chi connectivity index (χ2v) is 14.1. The second-order valence-electron chi connectivity index (χ2n) is 14.1. The summed E-state index contributed by atoms with van der Waals surface area (Å²) in [5.74, 6) is -5.64.